The predicted molar refractivity (Wildman–Crippen MR) is 117 cm³/mol. The Labute approximate surface area is 185 Å². The van der Waals surface area contributed by atoms with Gasteiger partial charge in [0.1, 0.15) is 28.7 Å². The second-order valence-electron chi connectivity index (χ2n) is 7.56. The fourth-order valence-electron chi connectivity index (χ4n) is 3.97. The highest BCUT2D eigenvalue weighted by Crippen LogP contribution is 2.26. The van der Waals surface area contributed by atoms with Gasteiger partial charge in [-0.25, -0.2) is 8.78 Å². The molecule has 8 heteroatoms. The van der Waals surface area contributed by atoms with Crippen LogP contribution in [0.5, 0.6) is 5.75 Å². The first kappa shape index (κ1) is 21.8. The summed E-state index contributed by atoms with van der Waals surface area (Å²) in [4.78, 5) is 17.0. The smallest absolute Gasteiger partial charge is 0.257 e. The van der Waals surface area contributed by atoms with Gasteiger partial charge in [-0.05, 0) is 48.5 Å². The minimum absolute atomic E-state index is 0.169. The number of carbonyl (C=O) groups excluding carboxylic acids is 1. The van der Waals surface area contributed by atoms with E-state index in [4.69, 9.17) is 9.15 Å². The number of anilines is 1. The Morgan fingerprint density at radius 1 is 1.03 bits per heavy atom. The van der Waals surface area contributed by atoms with E-state index in [1.807, 2.05) is 30.3 Å². The summed E-state index contributed by atoms with van der Waals surface area (Å²) in [7, 11) is 1.64. The number of ether oxygens (including phenoxy) is 1. The Morgan fingerprint density at radius 3 is 2.31 bits per heavy atom. The van der Waals surface area contributed by atoms with E-state index in [1.165, 1.54) is 6.07 Å². The molecule has 32 heavy (non-hydrogen) atoms. The van der Waals surface area contributed by atoms with Crippen LogP contribution in [0.3, 0.4) is 0 Å². The lowest BCUT2D eigenvalue weighted by atomic mass is 10.1. The van der Waals surface area contributed by atoms with Crippen LogP contribution in [-0.2, 0) is 0 Å². The van der Waals surface area contributed by atoms with Gasteiger partial charge >= 0.3 is 0 Å². The molecular weight excluding hydrogens is 416 g/mol. The number of rotatable bonds is 7. The van der Waals surface area contributed by atoms with E-state index in [9.17, 15) is 13.6 Å². The molecule has 1 unspecified atom stereocenters. The zero-order chi connectivity index (χ0) is 22.5. The number of benzene rings is 2. The molecule has 2 aromatic carbocycles. The molecule has 0 spiro atoms. The van der Waals surface area contributed by atoms with Gasteiger partial charge in [0.2, 0.25) is 0 Å². The van der Waals surface area contributed by atoms with Crippen LogP contribution in [0, 0.1) is 11.6 Å². The molecule has 6 nitrogen and oxygen atoms in total. The van der Waals surface area contributed by atoms with Crippen LogP contribution >= 0.6 is 0 Å². The highest BCUT2D eigenvalue weighted by Gasteiger charge is 2.28. The monoisotopic (exact) mass is 441 g/mol. The first-order chi connectivity index (χ1) is 15.6. The van der Waals surface area contributed by atoms with Crippen molar-refractivity contribution in [3.63, 3.8) is 0 Å². The molecule has 4 rings (SSSR count). The van der Waals surface area contributed by atoms with Crippen LogP contribution in [0.15, 0.2) is 65.3 Å². The summed E-state index contributed by atoms with van der Waals surface area (Å²) in [5, 5.41) is 2.67. The van der Waals surface area contributed by atoms with Gasteiger partial charge in [0.15, 0.2) is 0 Å². The molecule has 0 radical (unpaired) electrons. The number of nitrogens with zero attached hydrogens (tertiary/aromatic N) is 2. The quantitative estimate of drug-likeness (QED) is 0.604. The number of halogens is 2. The molecule has 1 saturated heterocycles. The van der Waals surface area contributed by atoms with E-state index < -0.39 is 23.1 Å². The van der Waals surface area contributed by atoms with Gasteiger partial charge < -0.3 is 19.4 Å². The molecule has 1 N–H and O–H groups in total. The van der Waals surface area contributed by atoms with E-state index >= 15 is 0 Å². The Bertz CT molecular complexity index is 1010. The van der Waals surface area contributed by atoms with Gasteiger partial charge in [-0.15, -0.1) is 0 Å². The Balaban J connectivity index is 1.42. The molecule has 1 fully saturated rings. The Hall–Kier alpha value is -3.39. The van der Waals surface area contributed by atoms with Gasteiger partial charge in [-0.2, -0.15) is 0 Å². The lowest BCUT2D eigenvalue weighted by Gasteiger charge is -2.39. The van der Waals surface area contributed by atoms with E-state index in [2.05, 4.69) is 15.1 Å². The van der Waals surface area contributed by atoms with E-state index in [0.717, 1.165) is 49.7 Å². The maximum absolute atomic E-state index is 14.0. The third-order valence-electron chi connectivity index (χ3n) is 5.71. The zero-order valence-corrected chi connectivity index (χ0v) is 17.8. The zero-order valence-electron chi connectivity index (χ0n) is 17.8. The van der Waals surface area contributed by atoms with Crippen molar-refractivity contribution in [3.8, 4) is 5.75 Å². The number of methoxy groups -OCH3 is 1. The van der Waals surface area contributed by atoms with Crippen molar-refractivity contribution < 1.29 is 22.7 Å². The van der Waals surface area contributed by atoms with Crippen molar-refractivity contribution in [2.45, 2.75) is 6.04 Å². The molecule has 1 aliphatic heterocycles. The number of hydrogen-bond donors (Lipinski definition) is 1. The third-order valence-corrected chi connectivity index (χ3v) is 5.71. The average Bonchev–Trinajstić information content (AvgIpc) is 3.34. The Kier molecular flexibility index (Phi) is 6.70. The normalized spacial score (nSPS) is 15.4. The summed E-state index contributed by atoms with van der Waals surface area (Å²) in [6, 6.07) is 14.7. The molecular formula is C24H25F2N3O3. The molecule has 1 amide bonds. The molecule has 0 saturated carbocycles. The minimum Gasteiger partial charge on any atom is -0.497 e. The third kappa shape index (κ3) is 4.75. The van der Waals surface area contributed by atoms with Crippen LogP contribution in [0.25, 0.3) is 0 Å². The van der Waals surface area contributed by atoms with Crippen molar-refractivity contribution in [2.24, 2.45) is 0 Å². The van der Waals surface area contributed by atoms with Crippen LogP contribution < -0.4 is 15.0 Å². The van der Waals surface area contributed by atoms with Crippen LogP contribution in [0.4, 0.5) is 14.5 Å². The predicted octanol–water partition coefficient (Wildman–Crippen LogP) is 3.86. The standard InChI is InChI=1S/C24H25F2N3O3/c1-31-18-9-7-17(8-10-18)28-11-13-29(14-12-28)21(22-6-3-15-32-22)16-27-24(30)23-19(25)4-2-5-20(23)26/h2-10,15,21H,11-14,16H2,1H3,(H,27,30). The van der Waals surface area contributed by atoms with Crippen LogP contribution in [-0.4, -0.2) is 50.6 Å². The highest BCUT2D eigenvalue weighted by molar-refractivity contribution is 5.94. The molecule has 1 atom stereocenters. The SMILES string of the molecule is COc1ccc(N2CCN(C(CNC(=O)c3c(F)cccc3F)c3ccco3)CC2)cc1. The summed E-state index contributed by atoms with van der Waals surface area (Å²) in [5.41, 5.74) is 0.540. The van der Waals surface area contributed by atoms with Gasteiger partial charge in [0.25, 0.3) is 5.91 Å². The lowest BCUT2D eigenvalue weighted by Crippen LogP contribution is -2.50. The fraction of sp³-hybridized carbons (Fsp3) is 0.292. The van der Waals surface area contributed by atoms with Crippen molar-refractivity contribution >= 4 is 11.6 Å². The molecule has 2 heterocycles. The van der Waals surface area contributed by atoms with Crippen molar-refractivity contribution in [3.05, 3.63) is 83.8 Å². The molecule has 1 aromatic heterocycles. The van der Waals surface area contributed by atoms with Crippen LogP contribution in [0.2, 0.25) is 0 Å². The number of hydrogen-bond acceptors (Lipinski definition) is 5. The fourth-order valence-corrected chi connectivity index (χ4v) is 3.97. The van der Waals surface area contributed by atoms with Crippen molar-refractivity contribution in [1.82, 2.24) is 10.2 Å². The Morgan fingerprint density at radius 2 is 1.72 bits per heavy atom. The summed E-state index contributed by atoms with van der Waals surface area (Å²) in [6.45, 7) is 3.23. The summed E-state index contributed by atoms with van der Waals surface area (Å²) < 4.78 is 38.7. The first-order valence-electron chi connectivity index (χ1n) is 10.5. The van der Waals surface area contributed by atoms with E-state index in [1.54, 1.807) is 19.4 Å². The van der Waals surface area contributed by atoms with E-state index in [-0.39, 0.29) is 12.6 Å². The largest absolute Gasteiger partial charge is 0.497 e. The molecule has 0 aliphatic carbocycles. The highest BCUT2D eigenvalue weighted by atomic mass is 19.1. The molecule has 3 aromatic rings. The van der Waals surface area contributed by atoms with Gasteiger partial charge in [0.05, 0.1) is 19.4 Å². The topological polar surface area (TPSA) is 58.0 Å². The van der Waals surface area contributed by atoms with Crippen molar-refractivity contribution in [1.29, 1.82) is 0 Å². The van der Waals surface area contributed by atoms with Gasteiger partial charge in [0, 0.05) is 38.4 Å². The van der Waals surface area contributed by atoms with E-state index in [0.29, 0.717) is 5.76 Å². The number of amides is 1. The number of nitrogens with one attached hydrogen (secondary N) is 1. The van der Waals surface area contributed by atoms with Crippen LogP contribution in [0.1, 0.15) is 22.2 Å². The van der Waals surface area contributed by atoms with Gasteiger partial charge in [-0.3, -0.25) is 9.69 Å². The molecule has 168 valence electrons. The first-order valence-corrected chi connectivity index (χ1v) is 10.5. The lowest BCUT2D eigenvalue weighted by molar-refractivity contribution is 0.0914. The number of piperazine rings is 1. The summed E-state index contributed by atoms with van der Waals surface area (Å²) >= 11 is 0. The second kappa shape index (κ2) is 9.82. The summed E-state index contributed by atoms with van der Waals surface area (Å²) in [6.07, 6.45) is 1.58. The van der Waals surface area contributed by atoms with Gasteiger partial charge in [-0.1, -0.05) is 6.07 Å². The number of furan rings is 1. The maximum Gasteiger partial charge on any atom is 0.257 e. The maximum atomic E-state index is 14.0. The second-order valence-corrected chi connectivity index (χ2v) is 7.56. The minimum atomic E-state index is -0.884. The summed E-state index contributed by atoms with van der Waals surface area (Å²) in [5.74, 6) is -1.05. The molecule has 0 bridgehead atoms. The average molecular weight is 441 g/mol. The molecule has 1 aliphatic rings. The number of carbonyl (C=O) groups is 1. The van der Waals surface area contributed by atoms with Crippen molar-refractivity contribution in [2.75, 3.05) is 44.7 Å².